The molecule has 1 unspecified atom stereocenters. The van der Waals surface area contributed by atoms with Crippen molar-refractivity contribution >= 4 is 10.0 Å². The van der Waals surface area contributed by atoms with Crippen LogP contribution in [0.4, 0.5) is 0 Å². The molecular weight excluding hydrogens is 290 g/mol. The summed E-state index contributed by atoms with van der Waals surface area (Å²) in [5, 5.41) is 0. The highest BCUT2D eigenvalue weighted by Crippen LogP contribution is 2.20. The summed E-state index contributed by atoms with van der Waals surface area (Å²) < 4.78 is 38.0. The van der Waals surface area contributed by atoms with Crippen molar-refractivity contribution in [1.82, 2.24) is 4.72 Å². The Bertz CT molecular complexity index is 689. The van der Waals surface area contributed by atoms with Crippen LogP contribution >= 0.6 is 0 Å². The van der Waals surface area contributed by atoms with Crippen LogP contribution in [0.5, 0.6) is 0 Å². The van der Waals surface area contributed by atoms with Gasteiger partial charge in [-0.25, -0.2) is 8.42 Å². The van der Waals surface area contributed by atoms with Crippen molar-refractivity contribution in [2.24, 2.45) is 0 Å². The van der Waals surface area contributed by atoms with E-state index in [4.69, 9.17) is 9.15 Å². The maximum atomic E-state index is 12.4. The van der Waals surface area contributed by atoms with E-state index in [0.717, 1.165) is 11.3 Å². The Kier molecular flexibility index (Phi) is 4.82. The van der Waals surface area contributed by atoms with Gasteiger partial charge in [-0.2, -0.15) is 4.72 Å². The summed E-state index contributed by atoms with van der Waals surface area (Å²) in [6.07, 6.45) is 0. The number of furan rings is 1. The van der Waals surface area contributed by atoms with E-state index in [1.807, 2.05) is 13.8 Å². The van der Waals surface area contributed by atoms with Crippen LogP contribution in [0.1, 0.15) is 23.1 Å². The summed E-state index contributed by atoms with van der Waals surface area (Å²) in [4.78, 5) is 0.220. The van der Waals surface area contributed by atoms with Crippen LogP contribution < -0.4 is 4.72 Å². The highest BCUT2D eigenvalue weighted by atomic mass is 32.2. The Balaban J connectivity index is 2.25. The fraction of sp³-hybridized carbons (Fsp3) is 0.333. The first kappa shape index (κ1) is 15.8. The molecule has 1 aromatic heterocycles. The molecule has 114 valence electrons. The van der Waals surface area contributed by atoms with E-state index in [9.17, 15) is 8.42 Å². The summed E-state index contributed by atoms with van der Waals surface area (Å²) in [7, 11) is -2.11. The Morgan fingerprint density at radius 2 is 1.81 bits per heavy atom. The quantitative estimate of drug-likeness (QED) is 0.890. The molecule has 0 saturated heterocycles. The average Bonchev–Trinajstić information content (AvgIpc) is 2.85. The maximum Gasteiger partial charge on any atom is 0.241 e. The van der Waals surface area contributed by atoms with Crippen LogP contribution in [0.25, 0.3) is 0 Å². The van der Waals surface area contributed by atoms with Crippen LogP contribution in [0.15, 0.2) is 45.7 Å². The minimum absolute atomic E-state index is 0.193. The standard InChI is InChI=1S/C15H19NO4S/c1-11-4-7-13(8-5-11)21(17,18)16-14(10-19-3)15-9-6-12(2)20-15/h4-9,14,16H,10H2,1-3H3. The highest BCUT2D eigenvalue weighted by molar-refractivity contribution is 7.89. The maximum absolute atomic E-state index is 12.4. The lowest BCUT2D eigenvalue weighted by atomic mass is 10.2. The van der Waals surface area contributed by atoms with Crippen molar-refractivity contribution in [2.75, 3.05) is 13.7 Å². The van der Waals surface area contributed by atoms with Crippen LogP contribution in [0.3, 0.4) is 0 Å². The molecule has 1 N–H and O–H groups in total. The van der Waals surface area contributed by atoms with Gasteiger partial charge in [-0.1, -0.05) is 17.7 Å². The smallest absolute Gasteiger partial charge is 0.241 e. The second-order valence-corrected chi connectivity index (χ2v) is 6.60. The predicted molar refractivity (Wildman–Crippen MR) is 79.6 cm³/mol. The van der Waals surface area contributed by atoms with E-state index in [1.165, 1.54) is 7.11 Å². The molecule has 1 aromatic carbocycles. The van der Waals surface area contributed by atoms with Gasteiger partial charge in [0.05, 0.1) is 11.5 Å². The van der Waals surface area contributed by atoms with E-state index in [2.05, 4.69) is 4.72 Å². The summed E-state index contributed by atoms with van der Waals surface area (Å²) in [5.41, 5.74) is 1.00. The summed E-state index contributed by atoms with van der Waals surface area (Å²) >= 11 is 0. The summed E-state index contributed by atoms with van der Waals surface area (Å²) in [5.74, 6) is 1.26. The predicted octanol–water partition coefficient (Wildman–Crippen LogP) is 2.56. The molecule has 6 heteroatoms. The molecule has 0 spiro atoms. The monoisotopic (exact) mass is 309 g/mol. The minimum atomic E-state index is -3.63. The van der Waals surface area contributed by atoms with Gasteiger partial charge in [-0.15, -0.1) is 0 Å². The van der Waals surface area contributed by atoms with Gasteiger partial charge in [0.1, 0.15) is 17.6 Å². The number of hydrogen-bond donors (Lipinski definition) is 1. The third-order valence-electron chi connectivity index (χ3n) is 3.07. The lowest BCUT2D eigenvalue weighted by Crippen LogP contribution is -2.31. The Morgan fingerprint density at radius 1 is 1.14 bits per heavy atom. The van der Waals surface area contributed by atoms with E-state index in [-0.39, 0.29) is 11.5 Å². The molecule has 0 aliphatic carbocycles. The molecule has 2 rings (SSSR count). The molecule has 0 amide bonds. The van der Waals surface area contributed by atoms with Crippen LogP contribution in [-0.4, -0.2) is 22.1 Å². The molecule has 0 radical (unpaired) electrons. The minimum Gasteiger partial charge on any atom is -0.465 e. The first-order chi connectivity index (χ1) is 9.92. The molecule has 1 atom stereocenters. The van der Waals surface area contributed by atoms with Crippen molar-refractivity contribution in [2.45, 2.75) is 24.8 Å². The van der Waals surface area contributed by atoms with E-state index in [0.29, 0.717) is 5.76 Å². The SMILES string of the molecule is COCC(NS(=O)(=O)c1ccc(C)cc1)c1ccc(C)o1. The number of hydrogen-bond acceptors (Lipinski definition) is 4. The second-order valence-electron chi connectivity index (χ2n) is 4.89. The number of rotatable bonds is 6. The van der Waals surface area contributed by atoms with Gasteiger partial charge in [0.15, 0.2) is 0 Å². The normalized spacial score (nSPS) is 13.3. The van der Waals surface area contributed by atoms with Crippen LogP contribution in [0, 0.1) is 13.8 Å². The number of benzene rings is 1. The van der Waals surface area contributed by atoms with E-state index < -0.39 is 16.1 Å². The molecule has 1 heterocycles. The van der Waals surface area contributed by atoms with Gasteiger partial charge < -0.3 is 9.15 Å². The number of aryl methyl sites for hydroxylation is 2. The Labute approximate surface area is 125 Å². The van der Waals surface area contributed by atoms with Gasteiger partial charge in [-0.05, 0) is 38.1 Å². The molecule has 0 bridgehead atoms. The number of methoxy groups -OCH3 is 1. The fourth-order valence-electron chi connectivity index (χ4n) is 1.95. The van der Waals surface area contributed by atoms with Crippen molar-refractivity contribution in [3.8, 4) is 0 Å². The zero-order valence-corrected chi connectivity index (χ0v) is 13.1. The van der Waals surface area contributed by atoms with Crippen LogP contribution in [-0.2, 0) is 14.8 Å². The van der Waals surface area contributed by atoms with Crippen molar-refractivity contribution in [1.29, 1.82) is 0 Å². The lowest BCUT2D eigenvalue weighted by Gasteiger charge is -2.16. The zero-order chi connectivity index (χ0) is 15.5. The third kappa shape index (κ3) is 3.93. The molecule has 5 nitrogen and oxygen atoms in total. The zero-order valence-electron chi connectivity index (χ0n) is 12.3. The summed E-state index contributed by atoms with van der Waals surface area (Å²) in [6.45, 7) is 3.91. The van der Waals surface area contributed by atoms with Gasteiger partial charge in [0.25, 0.3) is 0 Å². The topological polar surface area (TPSA) is 68.5 Å². The fourth-order valence-corrected chi connectivity index (χ4v) is 3.14. The van der Waals surface area contributed by atoms with Gasteiger partial charge in [0.2, 0.25) is 10.0 Å². The molecular formula is C15H19NO4S. The van der Waals surface area contributed by atoms with Crippen molar-refractivity contribution in [3.05, 3.63) is 53.5 Å². The second kappa shape index (κ2) is 6.43. The first-order valence-corrected chi connectivity index (χ1v) is 8.05. The van der Waals surface area contributed by atoms with Crippen LogP contribution in [0.2, 0.25) is 0 Å². The number of sulfonamides is 1. The van der Waals surface area contributed by atoms with Gasteiger partial charge >= 0.3 is 0 Å². The largest absolute Gasteiger partial charge is 0.465 e. The Hall–Kier alpha value is -1.63. The van der Waals surface area contributed by atoms with E-state index in [1.54, 1.807) is 36.4 Å². The number of nitrogens with one attached hydrogen (secondary N) is 1. The molecule has 0 saturated carbocycles. The highest BCUT2D eigenvalue weighted by Gasteiger charge is 2.23. The molecule has 21 heavy (non-hydrogen) atoms. The summed E-state index contributed by atoms with van der Waals surface area (Å²) in [6, 6.07) is 9.65. The van der Waals surface area contributed by atoms with Gasteiger partial charge in [0, 0.05) is 7.11 Å². The Morgan fingerprint density at radius 3 is 2.33 bits per heavy atom. The lowest BCUT2D eigenvalue weighted by molar-refractivity contribution is 0.166. The van der Waals surface area contributed by atoms with E-state index >= 15 is 0 Å². The molecule has 2 aromatic rings. The number of ether oxygens (including phenoxy) is 1. The van der Waals surface area contributed by atoms with Gasteiger partial charge in [-0.3, -0.25) is 0 Å². The van der Waals surface area contributed by atoms with Crippen molar-refractivity contribution < 1.29 is 17.6 Å². The first-order valence-electron chi connectivity index (χ1n) is 6.56. The third-order valence-corrected chi connectivity index (χ3v) is 4.55. The average molecular weight is 309 g/mol. The molecule has 0 fully saturated rings. The van der Waals surface area contributed by atoms with Crippen molar-refractivity contribution in [3.63, 3.8) is 0 Å². The molecule has 0 aliphatic rings. The molecule has 0 aliphatic heterocycles.